The van der Waals surface area contributed by atoms with E-state index in [9.17, 15) is 14.7 Å². The molecule has 15 heavy (non-hydrogen) atoms. The van der Waals surface area contributed by atoms with Gasteiger partial charge in [0.15, 0.2) is 0 Å². The molecule has 0 spiro atoms. The van der Waals surface area contributed by atoms with E-state index in [1.165, 1.54) is 6.92 Å². The van der Waals surface area contributed by atoms with Gasteiger partial charge in [-0.3, -0.25) is 9.59 Å². The Balaban J connectivity index is 2.28. The third-order valence-corrected chi connectivity index (χ3v) is 2.65. The third kappa shape index (κ3) is 3.87. The summed E-state index contributed by atoms with van der Waals surface area (Å²) in [6, 6.07) is 0. The summed E-state index contributed by atoms with van der Waals surface area (Å²) >= 11 is 0. The van der Waals surface area contributed by atoms with Crippen LogP contribution in [-0.2, 0) is 9.59 Å². The van der Waals surface area contributed by atoms with E-state index >= 15 is 0 Å². The van der Waals surface area contributed by atoms with Gasteiger partial charge in [0.05, 0.1) is 12.0 Å². The van der Waals surface area contributed by atoms with Gasteiger partial charge < -0.3 is 15.5 Å². The van der Waals surface area contributed by atoms with E-state index in [0.29, 0.717) is 0 Å². The van der Waals surface area contributed by atoms with Crippen LogP contribution >= 0.6 is 0 Å². The Morgan fingerprint density at radius 2 is 2.07 bits per heavy atom. The summed E-state index contributed by atoms with van der Waals surface area (Å²) < 4.78 is 0. The molecule has 1 atom stereocenters. The van der Waals surface area contributed by atoms with Crippen molar-refractivity contribution in [3.05, 3.63) is 0 Å². The number of nitrogens with one attached hydrogen (secondary N) is 1. The Bertz CT molecular complexity index is 258. The Labute approximate surface area is 88.5 Å². The summed E-state index contributed by atoms with van der Waals surface area (Å²) in [7, 11) is 0. The topological polar surface area (TPSA) is 86.6 Å². The molecule has 1 rings (SSSR count). The summed E-state index contributed by atoms with van der Waals surface area (Å²) in [6.07, 6.45) is 2.50. The lowest BCUT2D eigenvalue weighted by Crippen LogP contribution is -2.45. The van der Waals surface area contributed by atoms with Crippen LogP contribution in [0.4, 0.5) is 0 Å². The third-order valence-electron chi connectivity index (χ3n) is 2.65. The molecule has 0 aromatic carbocycles. The van der Waals surface area contributed by atoms with Crippen LogP contribution in [0.5, 0.6) is 0 Å². The first-order chi connectivity index (χ1) is 6.91. The molecule has 5 heteroatoms. The van der Waals surface area contributed by atoms with Gasteiger partial charge in [-0.15, -0.1) is 0 Å². The van der Waals surface area contributed by atoms with Crippen LogP contribution in [0.15, 0.2) is 0 Å². The van der Waals surface area contributed by atoms with Crippen molar-refractivity contribution in [2.45, 2.75) is 38.2 Å². The summed E-state index contributed by atoms with van der Waals surface area (Å²) in [5.74, 6) is -1.09. The predicted molar refractivity (Wildman–Crippen MR) is 53.2 cm³/mol. The fraction of sp³-hybridized carbons (Fsp3) is 0.800. The normalized spacial score (nSPS) is 20.1. The number of carbonyl (C=O) groups is 2. The number of rotatable bonds is 5. The van der Waals surface area contributed by atoms with Crippen molar-refractivity contribution in [2.24, 2.45) is 5.92 Å². The van der Waals surface area contributed by atoms with Crippen molar-refractivity contribution in [2.75, 3.05) is 6.54 Å². The second-order valence-electron chi connectivity index (χ2n) is 4.41. The Kier molecular flexibility index (Phi) is 3.68. The van der Waals surface area contributed by atoms with Crippen LogP contribution in [0, 0.1) is 5.92 Å². The van der Waals surface area contributed by atoms with Crippen LogP contribution in [-0.4, -0.2) is 34.2 Å². The highest BCUT2D eigenvalue weighted by Gasteiger charge is 2.29. The van der Waals surface area contributed by atoms with Gasteiger partial charge in [0.25, 0.3) is 0 Å². The lowest BCUT2D eigenvalue weighted by molar-refractivity contribution is -0.142. The molecule has 86 valence electrons. The summed E-state index contributed by atoms with van der Waals surface area (Å²) in [6.45, 7) is 1.40. The van der Waals surface area contributed by atoms with Gasteiger partial charge in [-0.05, 0) is 19.8 Å². The number of amides is 1. The number of carbonyl (C=O) groups excluding carboxylic acids is 1. The second-order valence-corrected chi connectivity index (χ2v) is 4.41. The quantitative estimate of drug-likeness (QED) is 0.608. The highest BCUT2D eigenvalue weighted by molar-refractivity contribution is 5.79. The zero-order chi connectivity index (χ0) is 11.5. The van der Waals surface area contributed by atoms with Crippen LogP contribution < -0.4 is 5.32 Å². The van der Waals surface area contributed by atoms with Gasteiger partial charge in [0, 0.05) is 12.5 Å². The maximum Gasteiger partial charge on any atom is 0.306 e. The molecule has 0 aromatic heterocycles. The van der Waals surface area contributed by atoms with Crippen LogP contribution in [0.25, 0.3) is 0 Å². The monoisotopic (exact) mass is 215 g/mol. The Morgan fingerprint density at radius 1 is 1.47 bits per heavy atom. The molecule has 5 nitrogen and oxygen atoms in total. The molecule has 1 unspecified atom stereocenters. The minimum atomic E-state index is -1.37. The lowest BCUT2D eigenvalue weighted by Gasteiger charge is -2.27. The van der Waals surface area contributed by atoms with Crippen molar-refractivity contribution in [1.82, 2.24) is 5.32 Å². The zero-order valence-corrected chi connectivity index (χ0v) is 8.82. The largest absolute Gasteiger partial charge is 0.481 e. The van der Waals surface area contributed by atoms with Gasteiger partial charge in [0.2, 0.25) is 5.91 Å². The predicted octanol–water partition coefficient (Wildman–Crippen LogP) is 0.128. The standard InChI is InChI=1S/C10H17NO4/c1-10(15,5-8(12)13)6-11-9(14)7-3-2-4-7/h7,15H,2-6H2,1H3,(H,11,14)(H,12,13). The molecule has 0 radical (unpaired) electrons. The summed E-state index contributed by atoms with van der Waals surface area (Å²) in [5.41, 5.74) is -1.37. The van der Waals surface area contributed by atoms with Crippen molar-refractivity contribution in [1.29, 1.82) is 0 Å². The molecule has 0 aromatic rings. The first-order valence-electron chi connectivity index (χ1n) is 5.12. The molecule has 1 saturated carbocycles. The van der Waals surface area contributed by atoms with Gasteiger partial charge >= 0.3 is 5.97 Å². The summed E-state index contributed by atoms with van der Waals surface area (Å²) in [5, 5.41) is 20.7. The molecule has 3 N–H and O–H groups in total. The van der Waals surface area contributed by atoms with E-state index in [2.05, 4.69) is 5.32 Å². The number of hydrogen-bond donors (Lipinski definition) is 3. The maximum absolute atomic E-state index is 11.4. The lowest BCUT2D eigenvalue weighted by atomic mass is 9.84. The highest BCUT2D eigenvalue weighted by atomic mass is 16.4. The SMILES string of the molecule is CC(O)(CNC(=O)C1CCC1)CC(=O)O. The molecular weight excluding hydrogens is 198 g/mol. The van der Waals surface area contributed by atoms with E-state index in [-0.39, 0.29) is 24.8 Å². The molecule has 0 heterocycles. The average molecular weight is 215 g/mol. The molecule has 0 saturated heterocycles. The van der Waals surface area contributed by atoms with E-state index in [1.54, 1.807) is 0 Å². The number of aliphatic hydroxyl groups is 1. The maximum atomic E-state index is 11.4. The number of hydrogen-bond acceptors (Lipinski definition) is 3. The van der Waals surface area contributed by atoms with Gasteiger partial charge in [-0.2, -0.15) is 0 Å². The number of carboxylic acids is 1. The van der Waals surface area contributed by atoms with Gasteiger partial charge in [-0.1, -0.05) is 6.42 Å². The Morgan fingerprint density at radius 3 is 2.47 bits per heavy atom. The smallest absolute Gasteiger partial charge is 0.306 e. The molecule has 1 fully saturated rings. The fourth-order valence-electron chi connectivity index (χ4n) is 1.48. The summed E-state index contributed by atoms with van der Waals surface area (Å²) in [4.78, 5) is 21.8. The zero-order valence-electron chi connectivity index (χ0n) is 8.82. The Hall–Kier alpha value is -1.10. The molecular formula is C10H17NO4. The molecule has 0 aliphatic heterocycles. The van der Waals surface area contributed by atoms with Crippen molar-refractivity contribution < 1.29 is 19.8 Å². The molecule has 1 aliphatic rings. The van der Waals surface area contributed by atoms with Crippen LogP contribution in [0.3, 0.4) is 0 Å². The minimum absolute atomic E-state index is 0.00532. The van der Waals surface area contributed by atoms with Crippen molar-refractivity contribution in [3.8, 4) is 0 Å². The van der Waals surface area contributed by atoms with Crippen molar-refractivity contribution >= 4 is 11.9 Å². The van der Waals surface area contributed by atoms with E-state index in [4.69, 9.17) is 5.11 Å². The van der Waals surface area contributed by atoms with E-state index in [1.807, 2.05) is 0 Å². The molecule has 0 bridgehead atoms. The molecule has 1 amide bonds. The van der Waals surface area contributed by atoms with Gasteiger partial charge in [0.1, 0.15) is 0 Å². The number of aliphatic carboxylic acids is 1. The van der Waals surface area contributed by atoms with Crippen LogP contribution in [0.1, 0.15) is 32.6 Å². The highest BCUT2D eigenvalue weighted by Crippen LogP contribution is 2.26. The molecule has 1 aliphatic carbocycles. The fourth-order valence-corrected chi connectivity index (χ4v) is 1.48. The van der Waals surface area contributed by atoms with E-state index in [0.717, 1.165) is 19.3 Å². The minimum Gasteiger partial charge on any atom is -0.481 e. The second kappa shape index (κ2) is 4.61. The van der Waals surface area contributed by atoms with Crippen LogP contribution in [0.2, 0.25) is 0 Å². The van der Waals surface area contributed by atoms with Crippen molar-refractivity contribution in [3.63, 3.8) is 0 Å². The first-order valence-corrected chi connectivity index (χ1v) is 5.12. The first kappa shape index (κ1) is 12.0. The number of carboxylic acid groups (broad SMARTS) is 1. The average Bonchev–Trinajstić information content (AvgIpc) is 1.95. The van der Waals surface area contributed by atoms with E-state index < -0.39 is 11.6 Å². The van der Waals surface area contributed by atoms with Gasteiger partial charge in [-0.25, -0.2) is 0 Å².